The molecule has 2 rings (SSSR count). The van der Waals surface area contributed by atoms with Gasteiger partial charge in [-0.05, 0) is 6.92 Å². The molecule has 2 aromatic rings. The van der Waals surface area contributed by atoms with Crippen LogP contribution < -0.4 is 5.32 Å². The molecule has 5 heteroatoms. The largest absolute Gasteiger partial charge is 0.329 e. The van der Waals surface area contributed by atoms with Crippen molar-refractivity contribution in [2.75, 3.05) is 0 Å². The average molecular weight is 247 g/mol. The zero-order valence-corrected chi connectivity index (χ0v) is 11.5. The number of nitrogens with one attached hydrogen (secondary N) is 1. The molecule has 0 unspecified atom stereocenters. The molecule has 98 valence electrons. The van der Waals surface area contributed by atoms with Crippen molar-refractivity contribution in [3.05, 3.63) is 35.7 Å². The highest BCUT2D eigenvalue weighted by molar-refractivity contribution is 5.17. The lowest BCUT2D eigenvalue weighted by Crippen LogP contribution is -2.23. The Morgan fingerprint density at radius 2 is 2.17 bits per heavy atom. The minimum atomic E-state index is 0.480. The van der Waals surface area contributed by atoms with E-state index in [0.717, 1.165) is 18.8 Å². The van der Waals surface area contributed by atoms with E-state index in [9.17, 15) is 0 Å². The van der Waals surface area contributed by atoms with Crippen LogP contribution >= 0.6 is 0 Å². The molecule has 0 atom stereocenters. The maximum Gasteiger partial charge on any atom is 0.0951 e. The maximum atomic E-state index is 4.36. The van der Waals surface area contributed by atoms with E-state index in [1.54, 1.807) is 0 Å². The van der Waals surface area contributed by atoms with Gasteiger partial charge in [-0.15, -0.1) is 0 Å². The van der Waals surface area contributed by atoms with Gasteiger partial charge in [0.1, 0.15) is 0 Å². The van der Waals surface area contributed by atoms with E-state index in [0.29, 0.717) is 6.04 Å². The number of nitrogens with zero attached hydrogens (tertiary/aromatic N) is 4. The van der Waals surface area contributed by atoms with Crippen molar-refractivity contribution in [2.24, 2.45) is 7.05 Å². The standard InChI is InChI=1S/C13H21N5/c1-10(2)15-6-13-5-14-9-18(13)8-12-7-17(4)16-11(12)3/h5,7,9-10,15H,6,8H2,1-4H3. The lowest BCUT2D eigenvalue weighted by Gasteiger charge is -2.10. The van der Waals surface area contributed by atoms with Gasteiger partial charge in [0, 0.05) is 37.6 Å². The molecule has 0 amide bonds. The van der Waals surface area contributed by atoms with Crippen LogP contribution in [0.3, 0.4) is 0 Å². The van der Waals surface area contributed by atoms with E-state index < -0.39 is 0 Å². The second kappa shape index (κ2) is 5.35. The topological polar surface area (TPSA) is 47.7 Å². The Bertz CT molecular complexity index is 509. The minimum Gasteiger partial charge on any atom is -0.329 e. The Morgan fingerprint density at radius 3 is 2.78 bits per heavy atom. The fraction of sp³-hybridized carbons (Fsp3) is 0.538. The second-order valence-electron chi connectivity index (χ2n) is 4.96. The molecule has 2 heterocycles. The third-order valence-electron chi connectivity index (χ3n) is 2.95. The van der Waals surface area contributed by atoms with Crippen molar-refractivity contribution in [3.63, 3.8) is 0 Å². The SMILES string of the molecule is Cc1nn(C)cc1Cn1cncc1CNC(C)C. The molecule has 0 radical (unpaired) electrons. The highest BCUT2D eigenvalue weighted by atomic mass is 15.3. The maximum absolute atomic E-state index is 4.36. The van der Waals surface area contributed by atoms with Gasteiger partial charge in [-0.2, -0.15) is 5.10 Å². The zero-order chi connectivity index (χ0) is 13.1. The lowest BCUT2D eigenvalue weighted by molar-refractivity contribution is 0.564. The Hall–Kier alpha value is -1.62. The van der Waals surface area contributed by atoms with Crippen LogP contribution in [0.2, 0.25) is 0 Å². The van der Waals surface area contributed by atoms with Gasteiger partial charge in [0.2, 0.25) is 0 Å². The summed E-state index contributed by atoms with van der Waals surface area (Å²) in [7, 11) is 1.95. The molecular weight excluding hydrogens is 226 g/mol. The molecular formula is C13H21N5. The molecule has 0 saturated carbocycles. The number of imidazole rings is 1. The van der Waals surface area contributed by atoms with Gasteiger partial charge in [-0.1, -0.05) is 13.8 Å². The van der Waals surface area contributed by atoms with Crippen LogP contribution in [0.5, 0.6) is 0 Å². The van der Waals surface area contributed by atoms with Crippen molar-refractivity contribution in [2.45, 2.75) is 39.9 Å². The number of rotatable bonds is 5. The minimum absolute atomic E-state index is 0.480. The second-order valence-corrected chi connectivity index (χ2v) is 4.96. The highest BCUT2D eigenvalue weighted by Gasteiger charge is 2.07. The Labute approximate surface area is 108 Å². The van der Waals surface area contributed by atoms with E-state index >= 15 is 0 Å². The van der Waals surface area contributed by atoms with E-state index in [1.807, 2.05) is 31.2 Å². The van der Waals surface area contributed by atoms with Gasteiger partial charge in [-0.25, -0.2) is 4.98 Å². The number of aryl methyl sites for hydroxylation is 2. The summed E-state index contributed by atoms with van der Waals surface area (Å²) in [4.78, 5) is 4.23. The first kappa shape index (κ1) is 12.8. The molecule has 0 aromatic carbocycles. The Morgan fingerprint density at radius 1 is 1.39 bits per heavy atom. The summed E-state index contributed by atoms with van der Waals surface area (Å²) in [5.41, 5.74) is 3.52. The van der Waals surface area contributed by atoms with Crippen LogP contribution in [-0.4, -0.2) is 25.4 Å². The summed E-state index contributed by atoms with van der Waals surface area (Å²) in [6.45, 7) is 8.00. The molecule has 0 aliphatic rings. The smallest absolute Gasteiger partial charge is 0.0951 e. The monoisotopic (exact) mass is 247 g/mol. The van der Waals surface area contributed by atoms with Crippen LogP contribution in [-0.2, 0) is 20.1 Å². The normalized spacial score (nSPS) is 11.4. The van der Waals surface area contributed by atoms with Crippen molar-refractivity contribution < 1.29 is 0 Å². The molecule has 2 aromatic heterocycles. The summed E-state index contributed by atoms with van der Waals surface area (Å²) in [5.74, 6) is 0. The Balaban J connectivity index is 2.10. The summed E-state index contributed by atoms with van der Waals surface area (Å²) < 4.78 is 4.02. The van der Waals surface area contributed by atoms with Crippen molar-refractivity contribution in [3.8, 4) is 0 Å². The molecule has 0 saturated heterocycles. The first-order chi connectivity index (χ1) is 8.56. The van der Waals surface area contributed by atoms with Crippen molar-refractivity contribution >= 4 is 0 Å². The van der Waals surface area contributed by atoms with Gasteiger partial charge >= 0.3 is 0 Å². The molecule has 0 aliphatic heterocycles. The van der Waals surface area contributed by atoms with Crippen LogP contribution in [0.15, 0.2) is 18.7 Å². The average Bonchev–Trinajstić information content (AvgIpc) is 2.84. The summed E-state index contributed by atoms with van der Waals surface area (Å²) in [6, 6.07) is 0.480. The summed E-state index contributed by atoms with van der Waals surface area (Å²) in [6.07, 6.45) is 5.86. The first-order valence-corrected chi connectivity index (χ1v) is 6.27. The predicted molar refractivity (Wildman–Crippen MR) is 71.2 cm³/mol. The number of hydrogen-bond acceptors (Lipinski definition) is 3. The van der Waals surface area contributed by atoms with Crippen LogP contribution in [0.25, 0.3) is 0 Å². The van der Waals surface area contributed by atoms with Crippen LogP contribution in [0, 0.1) is 6.92 Å². The van der Waals surface area contributed by atoms with Gasteiger partial charge in [0.25, 0.3) is 0 Å². The molecule has 18 heavy (non-hydrogen) atoms. The van der Waals surface area contributed by atoms with Crippen LogP contribution in [0.4, 0.5) is 0 Å². The van der Waals surface area contributed by atoms with Gasteiger partial charge in [-0.3, -0.25) is 4.68 Å². The lowest BCUT2D eigenvalue weighted by atomic mass is 10.2. The van der Waals surface area contributed by atoms with E-state index in [2.05, 4.69) is 40.0 Å². The van der Waals surface area contributed by atoms with E-state index in [-0.39, 0.29) is 0 Å². The first-order valence-electron chi connectivity index (χ1n) is 6.27. The molecule has 0 bridgehead atoms. The molecule has 0 aliphatic carbocycles. The van der Waals surface area contributed by atoms with Crippen LogP contribution in [0.1, 0.15) is 30.8 Å². The fourth-order valence-corrected chi connectivity index (χ4v) is 1.93. The van der Waals surface area contributed by atoms with Crippen molar-refractivity contribution in [1.82, 2.24) is 24.6 Å². The van der Waals surface area contributed by atoms with Gasteiger partial charge < -0.3 is 9.88 Å². The van der Waals surface area contributed by atoms with Crippen molar-refractivity contribution in [1.29, 1.82) is 0 Å². The van der Waals surface area contributed by atoms with Gasteiger partial charge in [0.05, 0.1) is 24.3 Å². The zero-order valence-electron chi connectivity index (χ0n) is 11.5. The molecule has 5 nitrogen and oxygen atoms in total. The molecule has 0 spiro atoms. The summed E-state index contributed by atoms with van der Waals surface area (Å²) in [5, 5.41) is 7.78. The van der Waals surface area contributed by atoms with E-state index in [4.69, 9.17) is 0 Å². The van der Waals surface area contributed by atoms with Gasteiger partial charge in [0.15, 0.2) is 0 Å². The summed E-state index contributed by atoms with van der Waals surface area (Å²) >= 11 is 0. The fourth-order valence-electron chi connectivity index (χ4n) is 1.93. The quantitative estimate of drug-likeness (QED) is 0.870. The third kappa shape index (κ3) is 2.98. The Kier molecular flexibility index (Phi) is 3.81. The predicted octanol–water partition coefficient (Wildman–Crippen LogP) is 1.47. The highest BCUT2D eigenvalue weighted by Crippen LogP contribution is 2.09. The van der Waals surface area contributed by atoms with E-state index in [1.165, 1.54) is 11.3 Å². The molecule has 1 N–H and O–H groups in total. The third-order valence-corrected chi connectivity index (χ3v) is 2.95. The number of aromatic nitrogens is 4. The number of hydrogen-bond donors (Lipinski definition) is 1. The molecule has 0 fully saturated rings.